The standard InChI is InChI=1S/C21H19ClF5NO3/c22-17-14(5-3-6-15(17)24)18(20(30)10-8-12(23)9-11-20)28-19(29)13-4-1-2-7-16(13)31-21(25,26)27/h1-7,12,18,30H,8-11H2,(H,28,29). The van der Waals surface area contributed by atoms with Gasteiger partial charge < -0.3 is 15.2 Å². The highest BCUT2D eigenvalue weighted by Crippen LogP contribution is 2.42. The molecule has 31 heavy (non-hydrogen) atoms. The molecule has 0 radical (unpaired) electrons. The van der Waals surface area contributed by atoms with Crippen LogP contribution in [0.15, 0.2) is 42.5 Å². The zero-order valence-electron chi connectivity index (χ0n) is 16.1. The van der Waals surface area contributed by atoms with Gasteiger partial charge in [0.2, 0.25) is 0 Å². The van der Waals surface area contributed by atoms with Gasteiger partial charge in [-0.15, -0.1) is 13.2 Å². The number of ether oxygens (including phenoxy) is 1. The van der Waals surface area contributed by atoms with Crippen LogP contribution in [0.25, 0.3) is 0 Å². The minimum absolute atomic E-state index is 0.00355. The second-order valence-electron chi connectivity index (χ2n) is 7.37. The molecule has 2 N–H and O–H groups in total. The molecule has 1 aliphatic carbocycles. The van der Waals surface area contributed by atoms with E-state index in [0.717, 1.165) is 18.2 Å². The van der Waals surface area contributed by atoms with Crippen LogP contribution < -0.4 is 10.1 Å². The Morgan fingerprint density at radius 2 is 1.81 bits per heavy atom. The van der Waals surface area contributed by atoms with Gasteiger partial charge in [-0.1, -0.05) is 35.9 Å². The minimum Gasteiger partial charge on any atom is -0.405 e. The van der Waals surface area contributed by atoms with Crippen molar-refractivity contribution in [2.75, 3.05) is 0 Å². The van der Waals surface area contributed by atoms with Crippen LogP contribution in [0.5, 0.6) is 5.75 Å². The number of hydrogen-bond acceptors (Lipinski definition) is 3. The van der Waals surface area contributed by atoms with Crippen LogP contribution in [-0.2, 0) is 0 Å². The van der Waals surface area contributed by atoms with Gasteiger partial charge in [-0.25, -0.2) is 8.78 Å². The summed E-state index contributed by atoms with van der Waals surface area (Å²) >= 11 is 6.06. The van der Waals surface area contributed by atoms with E-state index in [1.807, 2.05) is 0 Å². The normalized spacial score (nSPS) is 22.6. The Kier molecular flexibility index (Phi) is 6.76. The first-order chi connectivity index (χ1) is 14.5. The molecule has 0 spiro atoms. The van der Waals surface area contributed by atoms with Crippen molar-refractivity contribution in [1.29, 1.82) is 0 Å². The van der Waals surface area contributed by atoms with E-state index in [9.17, 15) is 31.9 Å². The van der Waals surface area contributed by atoms with Crippen LogP contribution in [0, 0.1) is 5.82 Å². The number of rotatable bonds is 5. The first-order valence-electron chi connectivity index (χ1n) is 9.46. The minimum atomic E-state index is -5.03. The molecule has 1 unspecified atom stereocenters. The third-order valence-electron chi connectivity index (χ3n) is 5.24. The molecule has 1 saturated carbocycles. The van der Waals surface area contributed by atoms with E-state index in [2.05, 4.69) is 10.1 Å². The number of carbonyl (C=O) groups is 1. The summed E-state index contributed by atoms with van der Waals surface area (Å²) in [6.45, 7) is 0. The lowest BCUT2D eigenvalue weighted by Gasteiger charge is -2.41. The van der Waals surface area contributed by atoms with E-state index < -0.39 is 47.2 Å². The maximum absolute atomic E-state index is 14.1. The molecule has 168 valence electrons. The Hall–Kier alpha value is -2.39. The smallest absolute Gasteiger partial charge is 0.405 e. The third-order valence-corrected chi connectivity index (χ3v) is 5.64. The lowest BCUT2D eigenvalue weighted by atomic mass is 9.76. The van der Waals surface area contributed by atoms with Gasteiger partial charge in [0.1, 0.15) is 17.7 Å². The molecule has 10 heteroatoms. The zero-order valence-corrected chi connectivity index (χ0v) is 16.8. The Morgan fingerprint density at radius 1 is 1.16 bits per heavy atom. The molecule has 0 heterocycles. The summed E-state index contributed by atoms with van der Waals surface area (Å²) in [4.78, 5) is 12.9. The molecule has 1 aliphatic rings. The van der Waals surface area contributed by atoms with Gasteiger partial charge >= 0.3 is 6.36 Å². The summed E-state index contributed by atoms with van der Waals surface area (Å²) in [6, 6.07) is 7.17. The monoisotopic (exact) mass is 463 g/mol. The lowest BCUT2D eigenvalue weighted by molar-refractivity contribution is -0.274. The first kappa shape index (κ1) is 23.3. The number of halogens is 6. The molecular formula is C21H19ClF5NO3. The molecule has 4 nitrogen and oxygen atoms in total. The number of para-hydroxylation sites is 1. The van der Waals surface area contributed by atoms with Crippen LogP contribution in [0.1, 0.15) is 47.6 Å². The van der Waals surface area contributed by atoms with E-state index in [0.29, 0.717) is 0 Å². The van der Waals surface area contributed by atoms with Crippen LogP contribution >= 0.6 is 11.6 Å². The van der Waals surface area contributed by atoms with Gasteiger partial charge in [0.05, 0.1) is 22.2 Å². The zero-order chi connectivity index (χ0) is 22.8. The fourth-order valence-electron chi connectivity index (χ4n) is 3.69. The Balaban J connectivity index is 1.98. The molecule has 1 atom stereocenters. The second kappa shape index (κ2) is 9.00. The largest absolute Gasteiger partial charge is 0.573 e. The molecule has 2 aromatic rings. The lowest BCUT2D eigenvalue weighted by Crippen LogP contribution is -2.48. The SMILES string of the molecule is O=C(NC(c1cccc(F)c1Cl)C1(O)CCC(F)CC1)c1ccccc1OC(F)(F)F. The van der Waals surface area contributed by atoms with Crippen molar-refractivity contribution < 1.29 is 36.6 Å². The number of aliphatic hydroxyl groups is 1. The molecule has 0 saturated heterocycles. The maximum atomic E-state index is 14.1. The number of amides is 1. The third kappa shape index (κ3) is 5.46. The van der Waals surface area contributed by atoms with Gasteiger partial charge in [-0.2, -0.15) is 0 Å². The quantitative estimate of drug-likeness (QED) is 0.576. The van der Waals surface area contributed by atoms with Crippen molar-refractivity contribution in [3.05, 3.63) is 64.4 Å². The summed E-state index contributed by atoms with van der Waals surface area (Å²) in [5.41, 5.74) is -2.10. The van der Waals surface area contributed by atoms with Crippen molar-refractivity contribution in [2.24, 2.45) is 0 Å². The molecule has 0 aromatic heterocycles. The van der Waals surface area contributed by atoms with Crippen molar-refractivity contribution in [3.63, 3.8) is 0 Å². The van der Waals surface area contributed by atoms with Crippen molar-refractivity contribution in [2.45, 2.75) is 49.9 Å². The predicted molar refractivity (Wildman–Crippen MR) is 103 cm³/mol. The number of alkyl halides is 4. The number of benzene rings is 2. The van der Waals surface area contributed by atoms with Crippen LogP contribution in [-0.4, -0.2) is 29.1 Å². The predicted octanol–water partition coefficient (Wildman–Crippen LogP) is 5.49. The van der Waals surface area contributed by atoms with E-state index in [1.165, 1.54) is 24.3 Å². The Morgan fingerprint density at radius 3 is 2.45 bits per heavy atom. The van der Waals surface area contributed by atoms with E-state index in [-0.39, 0.29) is 36.3 Å². The van der Waals surface area contributed by atoms with Crippen molar-refractivity contribution in [3.8, 4) is 5.75 Å². The average molecular weight is 464 g/mol. The van der Waals surface area contributed by atoms with E-state index >= 15 is 0 Å². The topological polar surface area (TPSA) is 58.6 Å². The Bertz CT molecular complexity index is 945. The summed E-state index contributed by atoms with van der Waals surface area (Å²) in [7, 11) is 0. The van der Waals surface area contributed by atoms with Gasteiger partial charge in [0.25, 0.3) is 5.91 Å². The van der Waals surface area contributed by atoms with Crippen molar-refractivity contribution >= 4 is 17.5 Å². The van der Waals surface area contributed by atoms with Gasteiger partial charge in [-0.3, -0.25) is 4.79 Å². The number of nitrogens with one attached hydrogen (secondary N) is 1. The van der Waals surface area contributed by atoms with Crippen LogP contribution in [0.3, 0.4) is 0 Å². The Labute approximate surface area is 180 Å². The van der Waals surface area contributed by atoms with Crippen molar-refractivity contribution in [1.82, 2.24) is 5.32 Å². The van der Waals surface area contributed by atoms with Gasteiger partial charge in [0, 0.05) is 0 Å². The highest BCUT2D eigenvalue weighted by atomic mass is 35.5. The summed E-state index contributed by atoms with van der Waals surface area (Å²) < 4.78 is 69.8. The van der Waals surface area contributed by atoms with Crippen LogP contribution in [0.2, 0.25) is 5.02 Å². The highest BCUT2D eigenvalue weighted by molar-refractivity contribution is 6.31. The summed E-state index contributed by atoms with van der Waals surface area (Å²) in [5, 5.41) is 13.3. The summed E-state index contributed by atoms with van der Waals surface area (Å²) in [5.74, 6) is -2.54. The molecule has 0 bridgehead atoms. The average Bonchev–Trinajstić information content (AvgIpc) is 2.70. The fraction of sp³-hybridized carbons (Fsp3) is 0.381. The fourth-order valence-corrected chi connectivity index (χ4v) is 3.93. The van der Waals surface area contributed by atoms with Gasteiger partial charge in [-0.05, 0) is 49.4 Å². The first-order valence-corrected chi connectivity index (χ1v) is 9.84. The molecule has 0 aliphatic heterocycles. The van der Waals surface area contributed by atoms with Crippen LogP contribution in [0.4, 0.5) is 22.0 Å². The maximum Gasteiger partial charge on any atom is 0.573 e. The number of hydrogen-bond donors (Lipinski definition) is 2. The van der Waals surface area contributed by atoms with E-state index in [4.69, 9.17) is 11.6 Å². The molecule has 1 amide bonds. The molecule has 3 rings (SSSR count). The molecule has 1 fully saturated rings. The molecule has 2 aromatic carbocycles. The number of carbonyl (C=O) groups excluding carboxylic acids is 1. The van der Waals surface area contributed by atoms with Gasteiger partial charge in [0.15, 0.2) is 0 Å². The highest BCUT2D eigenvalue weighted by Gasteiger charge is 2.43. The van der Waals surface area contributed by atoms with E-state index in [1.54, 1.807) is 0 Å². The summed E-state index contributed by atoms with van der Waals surface area (Å²) in [6.07, 6.45) is -6.29. The second-order valence-corrected chi connectivity index (χ2v) is 7.75. The molecular weight excluding hydrogens is 445 g/mol.